The van der Waals surface area contributed by atoms with Crippen molar-refractivity contribution in [1.29, 1.82) is 0 Å². The van der Waals surface area contributed by atoms with E-state index in [1.807, 2.05) is 13.1 Å². The van der Waals surface area contributed by atoms with Gasteiger partial charge in [0.05, 0.1) is 0 Å². The summed E-state index contributed by atoms with van der Waals surface area (Å²) in [6, 6.07) is 15.0. The number of hydrogen-bond acceptors (Lipinski definition) is 2. The topological polar surface area (TPSA) is 15.3 Å². The second kappa shape index (κ2) is 6.97. The molecule has 2 aromatic carbocycles. The minimum absolute atomic E-state index is 0.258. The van der Waals surface area contributed by atoms with Gasteiger partial charge in [0, 0.05) is 30.3 Å². The van der Waals surface area contributed by atoms with E-state index < -0.39 is 0 Å². The summed E-state index contributed by atoms with van der Waals surface area (Å²) in [5, 5.41) is 4.03. The second-order valence-electron chi connectivity index (χ2n) is 5.50. The lowest BCUT2D eigenvalue weighted by Gasteiger charge is -2.22. The SMILES string of the molecule is CNC(C)c1ccc(N(C)Cc2ccccc2C)cc1Cl. The van der Waals surface area contributed by atoms with Gasteiger partial charge in [-0.05, 0) is 49.7 Å². The van der Waals surface area contributed by atoms with E-state index in [2.05, 4.69) is 67.5 Å². The molecule has 0 radical (unpaired) electrons. The van der Waals surface area contributed by atoms with E-state index in [0.29, 0.717) is 0 Å². The van der Waals surface area contributed by atoms with Crippen molar-refractivity contribution < 1.29 is 0 Å². The largest absolute Gasteiger partial charge is 0.370 e. The fraction of sp³-hybridized carbons (Fsp3) is 0.333. The van der Waals surface area contributed by atoms with E-state index in [1.54, 1.807) is 0 Å². The quantitative estimate of drug-likeness (QED) is 0.870. The molecule has 0 spiro atoms. The Kier molecular flexibility index (Phi) is 5.27. The van der Waals surface area contributed by atoms with Crippen LogP contribution in [0.5, 0.6) is 0 Å². The average molecular weight is 303 g/mol. The average Bonchev–Trinajstić information content (AvgIpc) is 2.48. The van der Waals surface area contributed by atoms with Crippen LogP contribution in [0.2, 0.25) is 5.02 Å². The zero-order valence-electron chi connectivity index (χ0n) is 13.2. The van der Waals surface area contributed by atoms with Gasteiger partial charge >= 0.3 is 0 Å². The van der Waals surface area contributed by atoms with Gasteiger partial charge in [-0.3, -0.25) is 0 Å². The van der Waals surface area contributed by atoms with Gasteiger partial charge in [0.15, 0.2) is 0 Å². The van der Waals surface area contributed by atoms with E-state index in [0.717, 1.165) is 22.8 Å². The summed E-state index contributed by atoms with van der Waals surface area (Å²) in [5.74, 6) is 0. The third kappa shape index (κ3) is 3.78. The number of aryl methyl sites for hydroxylation is 1. The van der Waals surface area contributed by atoms with Crippen LogP contribution in [-0.2, 0) is 6.54 Å². The highest BCUT2D eigenvalue weighted by atomic mass is 35.5. The molecule has 0 bridgehead atoms. The summed E-state index contributed by atoms with van der Waals surface area (Å²) in [5.41, 5.74) is 4.92. The number of anilines is 1. The van der Waals surface area contributed by atoms with Gasteiger partial charge in [-0.15, -0.1) is 0 Å². The summed E-state index contributed by atoms with van der Waals surface area (Å²) in [4.78, 5) is 2.22. The third-order valence-corrected chi connectivity index (χ3v) is 4.32. The van der Waals surface area contributed by atoms with Crippen molar-refractivity contribution >= 4 is 17.3 Å². The second-order valence-corrected chi connectivity index (χ2v) is 5.91. The Hall–Kier alpha value is -1.51. The highest BCUT2D eigenvalue weighted by Gasteiger charge is 2.10. The summed E-state index contributed by atoms with van der Waals surface area (Å²) >= 11 is 6.41. The molecule has 2 rings (SSSR count). The van der Waals surface area contributed by atoms with Gasteiger partial charge in [-0.2, -0.15) is 0 Å². The lowest BCUT2D eigenvalue weighted by Crippen LogP contribution is -2.18. The summed E-state index contributed by atoms with van der Waals surface area (Å²) in [7, 11) is 4.04. The highest BCUT2D eigenvalue weighted by molar-refractivity contribution is 6.31. The molecule has 2 aromatic rings. The summed E-state index contributed by atoms with van der Waals surface area (Å²) in [6.07, 6.45) is 0. The molecule has 0 aliphatic carbocycles. The Bertz CT molecular complexity index is 610. The molecule has 0 aromatic heterocycles. The number of nitrogens with one attached hydrogen (secondary N) is 1. The van der Waals surface area contributed by atoms with E-state index in [9.17, 15) is 0 Å². The first-order valence-electron chi connectivity index (χ1n) is 7.25. The Balaban J connectivity index is 2.18. The fourth-order valence-corrected chi connectivity index (χ4v) is 2.73. The predicted molar refractivity (Wildman–Crippen MR) is 92.2 cm³/mol. The van der Waals surface area contributed by atoms with Gasteiger partial charge in [-0.1, -0.05) is 41.9 Å². The number of rotatable bonds is 5. The first-order valence-corrected chi connectivity index (χ1v) is 7.63. The molecule has 1 atom stereocenters. The number of benzene rings is 2. The molecule has 21 heavy (non-hydrogen) atoms. The molecule has 1 N–H and O–H groups in total. The van der Waals surface area contributed by atoms with Crippen molar-refractivity contribution in [1.82, 2.24) is 5.32 Å². The molecule has 3 heteroatoms. The van der Waals surface area contributed by atoms with Crippen molar-refractivity contribution in [3.05, 3.63) is 64.2 Å². The number of nitrogens with zero attached hydrogens (tertiary/aromatic N) is 1. The lowest BCUT2D eigenvalue weighted by atomic mass is 10.1. The Morgan fingerprint density at radius 3 is 2.52 bits per heavy atom. The van der Waals surface area contributed by atoms with Crippen LogP contribution in [0.4, 0.5) is 5.69 Å². The van der Waals surface area contributed by atoms with Crippen molar-refractivity contribution in [2.75, 3.05) is 19.0 Å². The predicted octanol–water partition coefficient (Wildman–Crippen LogP) is 4.57. The van der Waals surface area contributed by atoms with E-state index in [1.165, 1.54) is 11.1 Å². The summed E-state index contributed by atoms with van der Waals surface area (Å²) in [6.45, 7) is 5.13. The molecule has 0 aliphatic rings. The van der Waals surface area contributed by atoms with Crippen LogP contribution in [-0.4, -0.2) is 14.1 Å². The molecule has 1 unspecified atom stereocenters. The van der Waals surface area contributed by atoms with Crippen LogP contribution in [0.25, 0.3) is 0 Å². The van der Waals surface area contributed by atoms with E-state index in [4.69, 9.17) is 11.6 Å². The molecule has 0 aliphatic heterocycles. The van der Waals surface area contributed by atoms with Crippen LogP contribution in [0.15, 0.2) is 42.5 Å². The van der Waals surface area contributed by atoms with Crippen LogP contribution in [0.3, 0.4) is 0 Å². The maximum absolute atomic E-state index is 6.41. The van der Waals surface area contributed by atoms with Crippen molar-refractivity contribution in [2.24, 2.45) is 0 Å². The van der Waals surface area contributed by atoms with Gasteiger partial charge in [0.1, 0.15) is 0 Å². The minimum atomic E-state index is 0.258. The normalized spacial score (nSPS) is 12.2. The van der Waals surface area contributed by atoms with Crippen molar-refractivity contribution in [3.63, 3.8) is 0 Å². The molecular formula is C18H23ClN2. The van der Waals surface area contributed by atoms with Gasteiger partial charge < -0.3 is 10.2 Å². The lowest BCUT2D eigenvalue weighted by molar-refractivity contribution is 0.652. The molecule has 112 valence electrons. The monoisotopic (exact) mass is 302 g/mol. The maximum Gasteiger partial charge on any atom is 0.0474 e. The first kappa shape index (κ1) is 15.9. The minimum Gasteiger partial charge on any atom is -0.370 e. The van der Waals surface area contributed by atoms with Crippen molar-refractivity contribution in [3.8, 4) is 0 Å². The smallest absolute Gasteiger partial charge is 0.0474 e. The number of halogens is 1. The van der Waals surface area contributed by atoms with E-state index in [-0.39, 0.29) is 6.04 Å². The Morgan fingerprint density at radius 2 is 1.90 bits per heavy atom. The van der Waals surface area contributed by atoms with Crippen LogP contribution in [0.1, 0.15) is 29.7 Å². The molecule has 0 saturated carbocycles. The highest BCUT2D eigenvalue weighted by Crippen LogP contribution is 2.28. The molecule has 0 saturated heterocycles. The first-order chi connectivity index (χ1) is 10.0. The standard InChI is InChI=1S/C18H23ClN2/c1-13-7-5-6-8-15(13)12-21(4)16-9-10-17(14(2)20-3)18(19)11-16/h5-11,14,20H,12H2,1-4H3. The number of hydrogen-bond donors (Lipinski definition) is 1. The maximum atomic E-state index is 6.41. The van der Waals surface area contributed by atoms with Crippen LogP contribution < -0.4 is 10.2 Å². The van der Waals surface area contributed by atoms with E-state index >= 15 is 0 Å². The van der Waals surface area contributed by atoms with Crippen molar-refractivity contribution in [2.45, 2.75) is 26.4 Å². The molecule has 0 heterocycles. The Labute approximate surface area is 132 Å². The fourth-order valence-electron chi connectivity index (χ4n) is 2.39. The summed E-state index contributed by atoms with van der Waals surface area (Å²) < 4.78 is 0. The van der Waals surface area contributed by atoms with Gasteiger partial charge in [0.2, 0.25) is 0 Å². The molecule has 0 fully saturated rings. The third-order valence-electron chi connectivity index (χ3n) is 3.99. The molecular weight excluding hydrogens is 280 g/mol. The van der Waals surface area contributed by atoms with Gasteiger partial charge in [0.25, 0.3) is 0 Å². The molecule has 0 amide bonds. The zero-order valence-corrected chi connectivity index (χ0v) is 13.9. The van der Waals surface area contributed by atoms with Crippen LogP contribution >= 0.6 is 11.6 Å². The van der Waals surface area contributed by atoms with Gasteiger partial charge in [-0.25, -0.2) is 0 Å². The van der Waals surface area contributed by atoms with Crippen LogP contribution in [0, 0.1) is 6.92 Å². The Morgan fingerprint density at radius 1 is 1.19 bits per heavy atom. The molecule has 2 nitrogen and oxygen atoms in total. The zero-order chi connectivity index (χ0) is 15.4.